The van der Waals surface area contributed by atoms with Gasteiger partial charge in [0.15, 0.2) is 11.5 Å². The van der Waals surface area contributed by atoms with Crippen molar-refractivity contribution in [3.8, 4) is 0 Å². The molecular weight excluding hydrogens is 466 g/mol. The lowest BCUT2D eigenvalue weighted by molar-refractivity contribution is -0.133. The Morgan fingerprint density at radius 2 is 1.86 bits per heavy atom. The van der Waals surface area contributed by atoms with Gasteiger partial charge in [-0.15, -0.1) is 0 Å². The first-order chi connectivity index (χ1) is 17.9. The molecule has 2 saturated heterocycles. The minimum atomic E-state index is -0.360. The molecule has 6 heteroatoms. The van der Waals surface area contributed by atoms with E-state index in [1.54, 1.807) is 14.0 Å². The summed E-state index contributed by atoms with van der Waals surface area (Å²) in [6.45, 7) is 4.90. The van der Waals surface area contributed by atoms with Crippen LogP contribution in [0.1, 0.15) is 97.3 Å². The number of cyclic esters (lactones) is 1. The number of methoxy groups -OCH3 is 1. The Balaban J connectivity index is 1.23. The van der Waals surface area contributed by atoms with E-state index in [1.165, 1.54) is 51.4 Å². The van der Waals surface area contributed by atoms with Crippen molar-refractivity contribution in [2.75, 3.05) is 13.7 Å². The average molecular weight is 512 g/mol. The summed E-state index contributed by atoms with van der Waals surface area (Å²) in [5.74, 6) is 3.26. The number of hydrogen-bond acceptors (Lipinski definition) is 6. The fourth-order valence-electron chi connectivity index (χ4n) is 9.07. The average Bonchev–Trinajstić information content (AvgIpc) is 3.53. The molecule has 0 bridgehead atoms. The van der Waals surface area contributed by atoms with Crippen molar-refractivity contribution in [1.82, 2.24) is 4.90 Å². The Morgan fingerprint density at radius 3 is 2.62 bits per heavy atom. The fraction of sp³-hybridized carbons (Fsp3) is 0.774. The van der Waals surface area contributed by atoms with Gasteiger partial charge in [-0.3, -0.25) is 4.90 Å². The summed E-state index contributed by atoms with van der Waals surface area (Å²) >= 11 is 0. The Morgan fingerprint density at radius 1 is 1.11 bits per heavy atom. The van der Waals surface area contributed by atoms with E-state index in [0.29, 0.717) is 40.2 Å². The molecule has 2 saturated carbocycles. The Hall–Kier alpha value is -1.79. The SMILES string of the molecule is COC1=C(C)C(=O)OC1=C1OC2=CCCN3C(C(O)CC4CCCCC45CCCC5)CCCC3C2C1C. The van der Waals surface area contributed by atoms with Gasteiger partial charge in [0.05, 0.1) is 18.8 Å². The van der Waals surface area contributed by atoms with Crippen LogP contribution in [0.4, 0.5) is 0 Å². The molecule has 4 fully saturated rings. The van der Waals surface area contributed by atoms with Crippen LogP contribution in [0.2, 0.25) is 0 Å². The number of hydrogen-bond donors (Lipinski definition) is 1. The zero-order valence-corrected chi connectivity index (χ0v) is 23.0. The van der Waals surface area contributed by atoms with Gasteiger partial charge in [0.2, 0.25) is 5.76 Å². The Labute approximate surface area is 222 Å². The smallest absolute Gasteiger partial charge is 0.343 e. The van der Waals surface area contributed by atoms with Crippen LogP contribution in [0.15, 0.2) is 34.7 Å². The monoisotopic (exact) mass is 511 g/mol. The first-order valence-electron chi connectivity index (χ1n) is 15.0. The number of ether oxygens (including phenoxy) is 3. The van der Waals surface area contributed by atoms with Crippen molar-refractivity contribution in [2.45, 2.75) is 116 Å². The molecule has 6 nitrogen and oxygen atoms in total. The lowest BCUT2D eigenvalue weighted by Crippen LogP contribution is -2.55. The quantitative estimate of drug-likeness (QED) is 0.469. The molecule has 6 aliphatic rings. The summed E-state index contributed by atoms with van der Waals surface area (Å²) in [6.07, 6.45) is 18.1. The van der Waals surface area contributed by atoms with Crippen LogP contribution in [0.25, 0.3) is 0 Å². The maximum atomic E-state index is 12.3. The van der Waals surface area contributed by atoms with E-state index >= 15 is 0 Å². The lowest BCUT2D eigenvalue weighted by atomic mass is 9.63. The van der Waals surface area contributed by atoms with Gasteiger partial charge in [-0.1, -0.05) is 39.0 Å². The second-order valence-corrected chi connectivity index (χ2v) is 12.7. The molecule has 37 heavy (non-hydrogen) atoms. The molecule has 0 radical (unpaired) electrons. The minimum Gasteiger partial charge on any atom is -0.492 e. The van der Waals surface area contributed by atoms with Gasteiger partial charge in [0, 0.05) is 30.5 Å². The predicted octanol–water partition coefficient (Wildman–Crippen LogP) is 5.97. The number of carbonyl (C=O) groups excluding carboxylic acids is 1. The molecule has 6 atom stereocenters. The van der Waals surface area contributed by atoms with Crippen LogP contribution in [0, 0.1) is 23.2 Å². The molecule has 0 aromatic rings. The summed E-state index contributed by atoms with van der Waals surface area (Å²) in [6, 6.07) is 0.548. The molecule has 204 valence electrons. The third-order valence-electron chi connectivity index (χ3n) is 10.9. The molecule has 0 aromatic heterocycles. The summed E-state index contributed by atoms with van der Waals surface area (Å²) in [5.41, 5.74) is 1.01. The number of rotatable bonds is 4. The second kappa shape index (κ2) is 10.1. The first-order valence-corrected chi connectivity index (χ1v) is 15.0. The zero-order valence-electron chi connectivity index (χ0n) is 23.0. The van der Waals surface area contributed by atoms with E-state index in [9.17, 15) is 9.90 Å². The largest absolute Gasteiger partial charge is 0.492 e. The third kappa shape index (κ3) is 4.27. The highest BCUT2D eigenvalue weighted by Crippen LogP contribution is 2.55. The van der Waals surface area contributed by atoms with Crippen LogP contribution in [-0.2, 0) is 19.0 Å². The molecule has 4 heterocycles. The highest BCUT2D eigenvalue weighted by molar-refractivity contribution is 5.93. The number of aliphatic hydroxyl groups is 1. The Kier molecular flexibility index (Phi) is 6.94. The highest BCUT2D eigenvalue weighted by atomic mass is 16.6. The summed E-state index contributed by atoms with van der Waals surface area (Å²) in [4.78, 5) is 14.9. The number of allylic oxidation sites excluding steroid dienone is 1. The third-order valence-corrected chi connectivity index (χ3v) is 10.9. The molecular formula is C31H45NO5. The number of piperidine rings is 1. The van der Waals surface area contributed by atoms with Gasteiger partial charge in [-0.05, 0) is 75.7 Å². The lowest BCUT2D eigenvalue weighted by Gasteiger charge is -2.48. The summed E-state index contributed by atoms with van der Waals surface area (Å²) in [5, 5.41) is 11.8. The molecule has 0 aromatic carbocycles. The van der Waals surface area contributed by atoms with Crippen molar-refractivity contribution in [3.63, 3.8) is 0 Å². The van der Waals surface area contributed by atoms with Crippen molar-refractivity contribution in [2.24, 2.45) is 23.2 Å². The van der Waals surface area contributed by atoms with Crippen LogP contribution in [-0.4, -0.2) is 47.8 Å². The fourth-order valence-corrected chi connectivity index (χ4v) is 9.07. The van der Waals surface area contributed by atoms with E-state index in [-0.39, 0.29) is 30.0 Å². The van der Waals surface area contributed by atoms with Crippen LogP contribution < -0.4 is 0 Å². The molecule has 1 spiro atoms. The Bertz CT molecular complexity index is 1010. The van der Waals surface area contributed by atoms with Crippen molar-refractivity contribution in [1.29, 1.82) is 0 Å². The van der Waals surface area contributed by atoms with Gasteiger partial charge in [0.25, 0.3) is 0 Å². The number of nitrogens with zero attached hydrogens (tertiary/aromatic N) is 1. The van der Waals surface area contributed by atoms with Gasteiger partial charge >= 0.3 is 5.97 Å². The molecule has 6 rings (SSSR count). The molecule has 2 aliphatic carbocycles. The van der Waals surface area contributed by atoms with Gasteiger partial charge < -0.3 is 19.3 Å². The summed E-state index contributed by atoms with van der Waals surface area (Å²) in [7, 11) is 1.58. The normalized spacial score (nSPS) is 38.5. The van der Waals surface area contributed by atoms with E-state index < -0.39 is 0 Å². The summed E-state index contributed by atoms with van der Waals surface area (Å²) < 4.78 is 17.6. The number of fused-ring (bicyclic) bond motifs is 3. The zero-order chi connectivity index (χ0) is 25.7. The molecule has 6 unspecified atom stereocenters. The van der Waals surface area contributed by atoms with E-state index in [1.807, 2.05) is 0 Å². The van der Waals surface area contributed by atoms with E-state index in [0.717, 1.165) is 44.4 Å². The van der Waals surface area contributed by atoms with Crippen molar-refractivity contribution < 1.29 is 24.1 Å². The maximum Gasteiger partial charge on any atom is 0.343 e. The molecule has 1 N–H and O–H groups in total. The minimum absolute atomic E-state index is 0.0756. The standard InChI is InChI=1S/C31H45NO5/c1-19-26-23-12-8-11-22(24(33)18-21-10-4-5-14-31(21)15-6-7-16-31)32(23)17-9-13-25(26)36-28(19)29-27(35-3)20(2)30(34)37-29/h13,19,21-24,26,33H,4-12,14-18H2,1-3H3. The van der Waals surface area contributed by atoms with Crippen molar-refractivity contribution in [3.05, 3.63) is 34.7 Å². The molecule has 0 amide bonds. The maximum absolute atomic E-state index is 12.3. The van der Waals surface area contributed by atoms with Crippen LogP contribution in [0.3, 0.4) is 0 Å². The number of carbonyl (C=O) groups is 1. The number of esters is 1. The van der Waals surface area contributed by atoms with E-state index in [4.69, 9.17) is 14.2 Å². The van der Waals surface area contributed by atoms with Crippen LogP contribution >= 0.6 is 0 Å². The topological polar surface area (TPSA) is 68.2 Å². The second-order valence-electron chi connectivity index (χ2n) is 12.7. The predicted molar refractivity (Wildman–Crippen MR) is 141 cm³/mol. The van der Waals surface area contributed by atoms with E-state index in [2.05, 4.69) is 17.9 Å². The van der Waals surface area contributed by atoms with Gasteiger partial charge in [0.1, 0.15) is 5.76 Å². The number of aliphatic hydroxyl groups excluding tert-OH is 1. The van der Waals surface area contributed by atoms with Gasteiger partial charge in [-0.2, -0.15) is 0 Å². The van der Waals surface area contributed by atoms with Crippen molar-refractivity contribution >= 4 is 5.97 Å². The first kappa shape index (κ1) is 25.5. The molecule has 4 aliphatic heterocycles. The van der Waals surface area contributed by atoms with Crippen LogP contribution in [0.5, 0.6) is 0 Å². The van der Waals surface area contributed by atoms with Gasteiger partial charge in [-0.25, -0.2) is 4.79 Å². The highest BCUT2D eigenvalue weighted by Gasteiger charge is 2.51.